The molecule has 1 aromatic carbocycles. The monoisotopic (exact) mass is 357 g/mol. The van der Waals surface area contributed by atoms with Gasteiger partial charge in [0.05, 0.1) is 6.54 Å². The van der Waals surface area contributed by atoms with Gasteiger partial charge in [-0.15, -0.1) is 0 Å². The lowest BCUT2D eigenvalue weighted by atomic mass is 10.1. The minimum Gasteiger partial charge on any atom is -0.446 e. The van der Waals surface area contributed by atoms with E-state index in [9.17, 15) is 9.59 Å². The fourth-order valence-corrected chi connectivity index (χ4v) is 2.43. The summed E-state index contributed by atoms with van der Waals surface area (Å²) in [6.07, 6.45) is 2.99. The molecule has 2 amide bonds. The fraction of sp³-hybridized carbons (Fsp3) is 0.450. The molecule has 6 nitrogen and oxygen atoms in total. The number of oxazole rings is 1. The van der Waals surface area contributed by atoms with Gasteiger partial charge in [-0.05, 0) is 38.8 Å². The largest absolute Gasteiger partial charge is 0.446 e. The molecule has 1 heterocycles. The molecule has 0 saturated heterocycles. The highest BCUT2D eigenvalue weighted by atomic mass is 16.3. The molecular formula is C20H27N3O3. The molecule has 0 aliphatic heterocycles. The first-order valence-electron chi connectivity index (χ1n) is 9.07. The summed E-state index contributed by atoms with van der Waals surface area (Å²) in [5.74, 6) is 0.00599. The van der Waals surface area contributed by atoms with Crippen LogP contribution in [0.5, 0.6) is 0 Å². The summed E-state index contributed by atoms with van der Waals surface area (Å²) in [4.78, 5) is 31.0. The minimum atomic E-state index is -0.265. The van der Waals surface area contributed by atoms with Gasteiger partial charge in [-0.2, -0.15) is 0 Å². The van der Waals surface area contributed by atoms with E-state index in [1.54, 1.807) is 17.0 Å². The number of hydrogen-bond acceptors (Lipinski definition) is 4. The molecule has 0 aliphatic carbocycles. The number of rotatable bonds is 8. The second-order valence-electron chi connectivity index (χ2n) is 6.47. The summed E-state index contributed by atoms with van der Waals surface area (Å²) >= 11 is 0. The zero-order valence-electron chi connectivity index (χ0n) is 15.9. The van der Waals surface area contributed by atoms with Gasteiger partial charge in [0.1, 0.15) is 6.26 Å². The van der Waals surface area contributed by atoms with E-state index in [4.69, 9.17) is 4.42 Å². The molecule has 0 radical (unpaired) electrons. The van der Waals surface area contributed by atoms with E-state index in [-0.39, 0.29) is 36.1 Å². The van der Waals surface area contributed by atoms with Crippen LogP contribution < -0.4 is 5.32 Å². The topological polar surface area (TPSA) is 75.4 Å². The van der Waals surface area contributed by atoms with Gasteiger partial charge in [-0.25, -0.2) is 4.98 Å². The van der Waals surface area contributed by atoms with Crippen molar-refractivity contribution in [2.75, 3.05) is 0 Å². The Morgan fingerprint density at radius 1 is 1.15 bits per heavy atom. The summed E-state index contributed by atoms with van der Waals surface area (Å²) < 4.78 is 5.45. The third-order valence-electron chi connectivity index (χ3n) is 4.48. The van der Waals surface area contributed by atoms with Gasteiger partial charge in [-0.1, -0.05) is 32.0 Å². The molecule has 0 unspecified atom stereocenters. The Kier molecular flexibility index (Phi) is 6.95. The molecule has 0 aliphatic rings. The zero-order chi connectivity index (χ0) is 19.1. The maximum absolute atomic E-state index is 12.9. The highest BCUT2D eigenvalue weighted by molar-refractivity contribution is 5.94. The molecule has 26 heavy (non-hydrogen) atoms. The first-order valence-corrected chi connectivity index (χ1v) is 9.07. The minimum absolute atomic E-state index is 0.0204. The van der Waals surface area contributed by atoms with Gasteiger partial charge in [0.25, 0.3) is 11.8 Å². The average molecular weight is 357 g/mol. The maximum atomic E-state index is 12.9. The van der Waals surface area contributed by atoms with Crippen molar-refractivity contribution in [2.45, 2.75) is 59.2 Å². The van der Waals surface area contributed by atoms with Crippen molar-refractivity contribution < 1.29 is 14.0 Å². The lowest BCUT2D eigenvalue weighted by Gasteiger charge is -2.27. The molecule has 1 aromatic heterocycles. The predicted molar refractivity (Wildman–Crippen MR) is 99.8 cm³/mol. The van der Waals surface area contributed by atoms with Crippen molar-refractivity contribution in [2.24, 2.45) is 0 Å². The van der Waals surface area contributed by atoms with Crippen molar-refractivity contribution in [1.29, 1.82) is 0 Å². The van der Waals surface area contributed by atoms with E-state index < -0.39 is 0 Å². The van der Waals surface area contributed by atoms with Gasteiger partial charge >= 0.3 is 0 Å². The third-order valence-corrected chi connectivity index (χ3v) is 4.48. The SMILES string of the molecule is CC[C@@H](C)N(Cc1nc(C(=O)N[C@@H](C)CC)co1)C(=O)c1ccccc1. The van der Waals surface area contributed by atoms with Gasteiger partial charge in [0.2, 0.25) is 5.89 Å². The Morgan fingerprint density at radius 2 is 1.85 bits per heavy atom. The smallest absolute Gasteiger partial charge is 0.273 e. The van der Waals surface area contributed by atoms with Crippen LogP contribution in [0.15, 0.2) is 41.0 Å². The maximum Gasteiger partial charge on any atom is 0.273 e. The van der Waals surface area contributed by atoms with E-state index >= 15 is 0 Å². The summed E-state index contributed by atoms with van der Waals surface area (Å²) in [6, 6.07) is 9.22. The van der Waals surface area contributed by atoms with Gasteiger partial charge in [0.15, 0.2) is 5.69 Å². The van der Waals surface area contributed by atoms with E-state index in [0.29, 0.717) is 11.5 Å². The van der Waals surface area contributed by atoms with Crippen molar-refractivity contribution in [3.05, 3.63) is 53.7 Å². The standard InChI is InChI=1S/C20H27N3O3/c1-5-14(3)21-19(24)17-13-26-18(22-17)12-23(15(4)6-2)20(25)16-10-8-7-9-11-16/h7-11,13-15H,5-6,12H2,1-4H3,(H,21,24)/t14-,15+/m0/s1. The molecule has 2 atom stereocenters. The second-order valence-corrected chi connectivity index (χ2v) is 6.47. The van der Waals surface area contributed by atoms with Crippen LogP contribution in [0.4, 0.5) is 0 Å². The van der Waals surface area contributed by atoms with Crippen LogP contribution in [0.2, 0.25) is 0 Å². The number of hydrogen-bond donors (Lipinski definition) is 1. The number of carbonyl (C=O) groups is 2. The second kappa shape index (κ2) is 9.17. The Hall–Kier alpha value is -2.63. The molecule has 140 valence electrons. The number of benzene rings is 1. The lowest BCUT2D eigenvalue weighted by Crippen LogP contribution is -2.38. The first kappa shape index (κ1) is 19.7. The van der Waals surface area contributed by atoms with Crippen LogP contribution >= 0.6 is 0 Å². The van der Waals surface area contributed by atoms with Crippen LogP contribution in [-0.4, -0.2) is 33.8 Å². The summed E-state index contributed by atoms with van der Waals surface area (Å²) in [6.45, 7) is 8.16. The average Bonchev–Trinajstić information content (AvgIpc) is 3.14. The van der Waals surface area contributed by atoms with Gasteiger partial charge < -0.3 is 14.6 Å². The number of amides is 2. The number of nitrogens with zero attached hydrogens (tertiary/aromatic N) is 2. The molecule has 0 fully saturated rings. The molecule has 0 bridgehead atoms. The number of nitrogens with one attached hydrogen (secondary N) is 1. The van der Waals surface area contributed by atoms with Crippen LogP contribution in [-0.2, 0) is 6.54 Å². The summed E-state index contributed by atoms with van der Waals surface area (Å²) in [7, 11) is 0. The van der Waals surface area contributed by atoms with Crippen LogP contribution in [0.3, 0.4) is 0 Å². The van der Waals surface area contributed by atoms with E-state index in [1.165, 1.54) is 6.26 Å². The van der Waals surface area contributed by atoms with Crippen LogP contribution in [0.25, 0.3) is 0 Å². The molecule has 1 N–H and O–H groups in total. The van der Waals surface area contributed by atoms with Crippen LogP contribution in [0.1, 0.15) is 67.3 Å². The Morgan fingerprint density at radius 3 is 2.46 bits per heavy atom. The molecule has 0 saturated carbocycles. The molecule has 0 spiro atoms. The molecule has 6 heteroatoms. The number of carbonyl (C=O) groups excluding carboxylic acids is 2. The lowest BCUT2D eigenvalue weighted by molar-refractivity contribution is 0.0652. The third kappa shape index (κ3) is 4.94. The molecule has 2 rings (SSSR count). The van der Waals surface area contributed by atoms with Gasteiger partial charge in [-0.3, -0.25) is 9.59 Å². The molecule has 2 aromatic rings. The van der Waals surface area contributed by atoms with Crippen molar-refractivity contribution in [1.82, 2.24) is 15.2 Å². The highest BCUT2D eigenvalue weighted by Crippen LogP contribution is 2.15. The quantitative estimate of drug-likeness (QED) is 0.782. The summed E-state index contributed by atoms with van der Waals surface area (Å²) in [5.41, 5.74) is 0.852. The van der Waals surface area contributed by atoms with Crippen LogP contribution in [0, 0.1) is 0 Å². The normalized spacial score (nSPS) is 13.1. The Bertz CT molecular complexity index is 727. The Balaban J connectivity index is 2.14. The fourth-order valence-electron chi connectivity index (χ4n) is 2.43. The first-order chi connectivity index (χ1) is 12.5. The highest BCUT2D eigenvalue weighted by Gasteiger charge is 2.23. The number of aromatic nitrogens is 1. The van der Waals surface area contributed by atoms with Gasteiger partial charge in [0, 0.05) is 17.6 Å². The Labute approximate surface area is 154 Å². The molecular weight excluding hydrogens is 330 g/mol. The van der Waals surface area contributed by atoms with E-state index in [1.807, 2.05) is 45.9 Å². The van der Waals surface area contributed by atoms with E-state index in [0.717, 1.165) is 12.8 Å². The van der Waals surface area contributed by atoms with E-state index in [2.05, 4.69) is 10.3 Å². The predicted octanol–water partition coefficient (Wildman–Crippen LogP) is 3.64. The zero-order valence-corrected chi connectivity index (χ0v) is 15.9. The summed E-state index contributed by atoms with van der Waals surface area (Å²) in [5, 5.41) is 2.85. The van der Waals surface area contributed by atoms with Crippen molar-refractivity contribution in [3.8, 4) is 0 Å². The van der Waals surface area contributed by atoms with Crippen molar-refractivity contribution in [3.63, 3.8) is 0 Å². The van der Waals surface area contributed by atoms with Crippen molar-refractivity contribution >= 4 is 11.8 Å².